The molecule has 0 aliphatic carbocycles. The van der Waals surface area contributed by atoms with Crippen LogP contribution in [0.25, 0.3) is 11.1 Å². The van der Waals surface area contributed by atoms with Crippen LogP contribution in [-0.2, 0) is 43.4 Å². The molecule has 3 atom stereocenters. The van der Waals surface area contributed by atoms with Gasteiger partial charge in [0.25, 0.3) is 0 Å². The lowest BCUT2D eigenvalue weighted by molar-refractivity contribution is -0.147. The van der Waals surface area contributed by atoms with E-state index in [4.69, 9.17) is 14.2 Å². The first-order valence-corrected chi connectivity index (χ1v) is 22.1. The zero-order chi connectivity index (χ0) is 41.0. The maximum absolute atomic E-state index is 15.5. The number of esters is 1. The highest BCUT2D eigenvalue weighted by Crippen LogP contribution is 2.37. The molecule has 4 aromatic rings. The Bertz CT molecular complexity index is 1960. The van der Waals surface area contributed by atoms with Crippen molar-refractivity contribution in [2.45, 2.75) is 96.1 Å². The fourth-order valence-corrected chi connectivity index (χ4v) is 7.13. The second-order valence-corrected chi connectivity index (χ2v) is 21.4. The van der Waals surface area contributed by atoms with Crippen molar-refractivity contribution in [2.75, 3.05) is 0 Å². The lowest BCUT2D eigenvalue weighted by Gasteiger charge is -2.28. The summed E-state index contributed by atoms with van der Waals surface area (Å²) in [7, 11) is -1.75. The van der Waals surface area contributed by atoms with Crippen LogP contribution >= 0.6 is 0 Å². The molecule has 4 aromatic carbocycles. The number of carbonyl (C=O) groups excluding carboxylic acids is 3. The van der Waals surface area contributed by atoms with Crippen molar-refractivity contribution in [3.8, 4) is 16.9 Å². The van der Waals surface area contributed by atoms with Gasteiger partial charge in [0.05, 0.1) is 0 Å². The lowest BCUT2D eigenvalue weighted by atomic mass is 9.86. The second kappa shape index (κ2) is 19.3. The molecule has 0 saturated heterocycles. The van der Waals surface area contributed by atoms with E-state index >= 15 is 4.39 Å². The van der Waals surface area contributed by atoms with Gasteiger partial charge in [0.15, 0.2) is 0 Å². The number of phenolic OH excluding ortho intramolecular Hbond substituents is 1. The summed E-state index contributed by atoms with van der Waals surface area (Å²) < 4.78 is 31.7. The topological polar surface area (TPSA) is 160 Å². The predicted molar refractivity (Wildman–Crippen MR) is 213 cm³/mol. The number of carboxylic acids is 1. The van der Waals surface area contributed by atoms with Crippen molar-refractivity contribution in [3.05, 3.63) is 125 Å². The van der Waals surface area contributed by atoms with Crippen molar-refractivity contribution in [1.82, 2.24) is 10.6 Å². The molecule has 11 nitrogen and oxygen atoms in total. The number of aromatic hydroxyl groups is 1. The number of amides is 2. The molecule has 0 radical (unpaired) electrons. The van der Waals surface area contributed by atoms with Crippen molar-refractivity contribution in [1.29, 1.82) is 0 Å². The van der Waals surface area contributed by atoms with Crippen LogP contribution in [0, 0.1) is 5.82 Å². The van der Waals surface area contributed by atoms with E-state index in [2.05, 4.69) is 30.3 Å². The summed E-state index contributed by atoms with van der Waals surface area (Å²) in [5, 5.41) is 26.6. The largest absolute Gasteiger partial charge is 0.508 e. The molecule has 1 unspecified atom stereocenters. The monoisotopic (exact) mass is 786 g/mol. The van der Waals surface area contributed by atoms with Crippen LogP contribution < -0.4 is 10.6 Å². The number of hydrogen-bond acceptors (Lipinski definition) is 8. The summed E-state index contributed by atoms with van der Waals surface area (Å²) in [5.41, 5.74) is 1.94. The van der Waals surface area contributed by atoms with Gasteiger partial charge in [-0.05, 0) is 79.3 Å². The minimum Gasteiger partial charge on any atom is -0.508 e. The Hall–Kier alpha value is -5.69. The van der Waals surface area contributed by atoms with Gasteiger partial charge in [-0.2, -0.15) is 0 Å². The van der Waals surface area contributed by atoms with Crippen LogP contribution in [-0.4, -0.2) is 60.1 Å². The van der Waals surface area contributed by atoms with Gasteiger partial charge >= 0.3 is 24.1 Å². The van der Waals surface area contributed by atoms with E-state index in [1.807, 2.05) is 12.1 Å². The number of benzene rings is 4. The zero-order valence-corrected chi connectivity index (χ0v) is 33.6. The molecule has 0 bridgehead atoms. The number of alkyl carbamates (subject to hydrolysis) is 2. The molecule has 0 spiro atoms. The van der Waals surface area contributed by atoms with Gasteiger partial charge in [0, 0.05) is 26.0 Å². The first kappa shape index (κ1) is 43.0. The molecule has 0 saturated carbocycles. The van der Waals surface area contributed by atoms with E-state index < -0.39 is 61.6 Å². The van der Waals surface area contributed by atoms with E-state index in [0.717, 1.165) is 11.1 Å². The Morgan fingerprint density at radius 3 is 1.91 bits per heavy atom. The summed E-state index contributed by atoms with van der Waals surface area (Å²) in [6, 6.07) is 24.8. The third-order valence-corrected chi connectivity index (χ3v) is 10.6. The summed E-state index contributed by atoms with van der Waals surface area (Å²) in [6.45, 7) is 11.3. The molecule has 4 N–H and O–H groups in total. The minimum absolute atomic E-state index is 0.0644. The molecule has 13 heteroatoms. The Morgan fingerprint density at radius 2 is 1.34 bits per heavy atom. The zero-order valence-electron chi connectivity index (χ0n) is 32.6. The Kier molecular flexibility index (Phi) is 14.8. The minimum atomic E-state index is -1.75. The van der Waals surface area contributed by atoms with E-state index in [1.165, 1.54) is 24.3 Å². The van der Waals surface area contributed by atoms with Gasteiger partial charge in [-0.3, -0.25) is 0 Å². The third-order valence-electron chi connectivity index (χ3n) is 8.79. The standard InChI is InChI=1S/C43H51FN2O9Si/c1-43(2,3)55-42(52)45-36(40(50)53-26-28-13-9-7-10-14-28)25-32-23-30(17-19-35(32)44)31-18-20-37(47)34(24-31)33(21-22-56(4,5)6)38(39(48)49)46-41(51)54-27-29-15-11-8-12-16-29/h7-20,23-24,33,36,38,47H,21-22,25-27H2,1-6H3,(H,45,52)(H,46,51)(H,48,49)/t33?,36-,38-/m0/s1. The number of ether oxygens (including phenoxy) is 3. The molecule has 0 heterocycles. The maximum Gasteiger partial charge on any atom is 0.408 e. The highest BCUT2D eigenvalue weighted by atomic mass is 28.3. The lowest BCUT2D eigenvalue weighted by Crippen LogP contribution is -2.45. The first-order chi connectivity index (χ1) is 26.4. The number of phenols is 1. The molecule has 2 amide bonds. The van der Waals surface area contributed by atoms with E-state index in [1.54, 1.807) is 81.4 Å². The molecule has 0 aromatic heterocycles. The smallest absolute Gasteiger partial charge is 0.408 e. The van der Waals surface area contributed by atoms with Gasteiger partial charge in [-0.1, -0.05) is 98.5 Å². The summed E-state index contributed by atoms with van der Waals surface area (Å²) in [5.74, 6) is -3.79. The summed E-state index contributed by atoms with van der Waals surface area (Å²) in [4.78, 5) is 51.9. The van der Waals surface area contributed by atoms with Crippen molar-refractivity contribution in [2.24, 2.45) is 0 Å². The van der Waals surface area contributed by atoms with Crippen LogP contribution in [0.5, 0.6) is 5.75 Å². The number of aliphatic carboxylic acids is 1. The predicted octanol–water partition coefficient (Wildman–Crippen LogP) is 8.57. The summed E-state index contributed by atoms with van der Waals surface area (Å²) >= 11 is 0. The second-order valence-electron chi connectivity index (χ2n) is 15.8. The van der Waals surface area contributed by atoms with Gasteiger partial charge in [-0.15, -0.1) is 0 Å². The van der Waals surface area contributed by atoms with Gasteiger partial charge in [0.1, 0.15) is 42.5 Å². The first-order valence-electron chi connectivity index (χ1n) is 18.4. The normalized spacial score (nSPS) is 13.1. The van der Waals surface area contributed by atoms with Crippen molar-refractivity contribution in [3.63, 3.8) is 0 Å². The van der Waals surface area contributed by atoms with Crippen molar-refractivity contribution < 1.29 is 48.0 Å². The molecule has 0 aliphatic heterocycles. The summed E-state index contributed by atoms with van der Waals surface area (Å²) in [6.07, 6.45) is -1.75. The third kappa shape index (κ3) is 13.6. The quantitative estimate of drug-likeness (QED) is 0.0496. The fourth-order valence-electron chi connectivity index (χ4n) is 5.95. The number of halogens is 1. The van der Waals surface area contributed by atoms with E-state index in [0.29, 0.717) is 23.6 Å². The van der Waals surface area contributed by atoms with Crippen LogP contribution in [0.15, 0.2) is 97.1 Å². The van der Waals surface area contributed by atoms with Gasteiger partial charge < -0.3 is 35.1 Å². The highest BCUT2D eigenvalue weighted by molar-refractivity contribution is 6.76. The molecule has 4 rings (SSSR count). The number of rotatable bonds is 16. The average Bonchev–Trinajstić information content (AvgIpc) is 3.13. The highest BCUT2D eigenvalue weighted by Gasteiger charge is 2.35. The van der Waals surface area contributed by atoms with Crippen molar-refractivity contribution >= 4 is 32.2 Å². The molecular weight excluding hydrogens is 736 g/mol. The fraction of sp³-hybridized carbons (Fsp3) is 0.349. The molecule has 0 fully saturated rings. The molecule has 56 heavy (non-hydrogen) atoms. The molecular formula is C43H51FN2O9Si. The number of carboxylic acid groups (broad SMARTS) is 1. The SMILES string of the molecule is CC(C)(C)OC(=O)N[C@@H](Cc1cc(-c2ccc(O)c(C(CC[Si](C)(C)C)[C@H](NC(=O)OCc3ccccc3)C(=O)O)c2)ccc1F)C(=O)OCc1ccccc1. The Balaban J connectivity index is 1.65. The van der Waals surface area contributed by atoms with Crippen LogP contribution in [0.3, 0.4) is 0 Å². The van der Waals surface area contributed by atoms with Crippen LogP contribution in [0.2, 0.25) is 25.7 Å². The maximum atomic E-state index is 15.5. The Labute approximate surface area is 328 Å². The van der Waals surface area contributed by atoms with E-state index in [-0.39, 0.29) is 36.5 Å². The number of nitrogens with one attached hydrogen (secondary N) is 2. The number of carbonyl (C=O) groups is 4. The number of hydrogen-bond donors (Lipinski definition) is 4. The molecule has 0 aliphatic rings. The molecule has 298 valence electrons. The van der Waals surface area contributed by atoms with Gasteiger partial charge in [-0.25, -0.2) is 23.6 Å². The van der Waals surface area contributed by atoms with Crippen LogP contribution in [0.1, 0.15) is 55.4 Å². The Morgan fingerprint density at radius 1 is 0.768 bits per heavy atom. The van der Waals surface area contributed by atoms with Crippen LogP contribution in [0.4, 0.5) is 14.0 Å². The average molecular weight is 787 g/mol. The van der Waals surface area contributed by atoms with Gasteiger partial charge in [0.2, 0.25) is 0 Å². The van der Waals surface area contributed by atoms with E-state index in [9.17, 15) is 29.4 Å².